The van der Waals surface area contributed by atoms with Crippen molar-refractivity contribution in [2.45, 2.75) is 38.8 Å². The van der Waals surface area contributed by atoms with E-state index < -0.39 is 12.1 Å². The number of carbonyl (C=O) groups is 2. The number of benzene rings is 2. The lowest BCUT2D eigenvalue weighted by molar-refractivity contribution is -0.129. The zero-order valence-electron chi connectivity index (χ0n) is 16.5. The normalized spacial score (nSPS) is 14.3. The number of hydrogen-bond acceptors (Lipinski definition) is 4. The second-order valence-corrected chi connectivity index (χ2v) is 7.37. The second-order valence-electron chi connectivity index (χ2n) is 7.37. The molecule has 0 radical (unpaired) electrons. The summed E-state index contributed by atoms with van der Waals surface area (Å²) in [5.41, 5.74) is 3.61. The first-order chi connectivity index (χ1) is 14.0. The number of carbonyl (C=O) groups excluding carboxylic acids is 2. The number of nitrogens with zero attached hydrogens (tertiary/aromatic N) is 2. The van der Waals surface area contributed by atoms with Crippen molar-refractivity contribution in [3.8, 4) is 16.9 Å². The van der Waals surface area contributed by atoms with Crippen LogP contribution in [0.2, 0.25) is 0 Å². The molecule has 1 N–H and O–H groups in total. The molecule has 1 aliphatic carbocycles. The molecule has 148 valence electrons. The summed E-state index contributed by atoms with van der Waals surface area (Å²) in [6.45, 7) is 3.59. The first kappa shape index (κ1) is 18.9. The summed E-state index contributed by atoms with van der Waals surface area (Å²) in [6, 6.07) is 17.6. The summed E-state index contributed by atoms with van der Waals surface area (Å²) in [5, 5.41) is 7.48. The molecule has 0 spiro atoms. The number of esters is 1. The topological polar surface area (TPSA) is 73.2 Å². The van der Waals surface area contributed by atoms with Gasteiger partial charge in [0, 0.05) is 17.8 Å². The number of hydrogen-bond donors (Lipinski definition) is 1. The number of aryl methyl sites for hydroxylation is 1. The van der Waals surface area contributed by atoms with Gasteiger partial charge in [-0.1, -0.05) is 48.0 Å². The van der Waals surface area contributed by atoms with Crippen LogP contribution in [-0.2, 0) is 9.53 Å². The molecular weight excluding hydrogens is 366 g/mol. The highest BCUT2D eigenvalue weighted by Gasteiger charge is 2.28. The molecule has 4 rings (SSSR count). The van der Waals surface area contributed by atoms with Gasteiger partial charge in [0.1, 0.15) is 11.3 Å². The Morgan fingerprint density at radius 1 is 1.10 bits per heavy atom. The van der Waals surface area contributed by atoms with Crippen LogP contribution in [0.3, 0.4) is 0 Å². The third kappa shape index (κ3) is 4.37. The van der Waals surface area contributed by atoms with E-state index in [9.17, 15) is 9.59 Å². The van der Waals surface area contributed by atoms with Gasteiger partial charge in [-0.25, -0.2) is 9.48 Å². The quantitative estimate of drug-likeness (QED) is 0.653. The smallest absolute Gasteiger partial charge is 0.342 e. The molecule has 1 aromatic heterocycles. The van der Waals surface area contributed by atoms with Crippen LogP contribution in [0.4, 0.5) is 0 Å². The van der Waals surface area contributed by atoms with Gasteiger partial charge < -0.3 is 10.1 Å². The molecule has 29 heavy (non-hydrogen) atoms. The fourth-order valence-electron chi connectivity index (χ4n) is 2.98. The molecule has 6 nitrogen and oxygen atoms in total. The van der Waals surface area contributed by atoms with E-state index in [4.69, 9.17) is 4.74 Å². The Labute approximate surface area is 169 Å². The van der Waals surface area contributed by atoms with Crippen molar-refractivity contribution in [1.82, 2.24) is 15.1 Å². The lowest BCUT2D eigenvalue weighted by atomic mass is 10.1. The van der Waals surface area contributed by atoms with Crippen molar-refractivity contribution in [2.75, 3.05) is 0 Å². The molecule has 1 aliphatic rings. The molecule has 6 heteroatoms. The number of nitrogens with one attached hydrogen (secondary N) is 1. The number of rotatable bonds is 6. The summed E-state index contributed by atoms with van der Waals surface area (Å²) in [7, 11) is 0. The maximum atomic E-state index is 12.9. The van der Waals surface area contributed by atoms with Crippen LogP contribution < -0.4 is 5.32 Å². The average Bonchev–Trinajstić information content (AvgIpc) is 3.43. The molecule has 1 fully saturated rings. The minimum absolute atomic E-state index is 0.215. The summed E-state index contributed by atoms with van der Waals surface area (Å²) in [4.78, 5) is 25.1. The Bertz CT molecular complexity index is 1020. The van der Waals surface area contributed by atoms with E-state index in [1.165, 1.54) is 0 Å². The highest BCUT2D eigenvalue weighted by Crippen LogP contribution is 2.25. The van der Waals surface area contributed by atoms with Crippen LogP contribution in [0.1, 0.15) is 35.7 Å². The summed E-state index contributed by atoms with van der Waals surface area (Å²) >= 11 is 0. The predicted octanol–water partition coefficient (Wildman–Crippen LogP) is 3.67. The third-order valence-corrected chi connectivity index (χ3v) is 4.86. The Balaban J connectivity index is 1.64. The van der Waals surface area contributed by atoms with E-state index in [1.807, 2.05) is 61.5 Å². The van der Waals surface area contributed by atoms with Gasteiger partial charge in [-0.15, -0.1) is 0 Å². The molecule has 1 atom stereocenters. The van der Waals surface area contributed by atoms with Crippen molar-refractivity contribution < 1.29 is 14.3 Å². The number of para-hydroxylation sites is 1. The molecule has 3 aromatic rings. The highest BCUT2D eigenvalue weighted by molar-refractivity contribution is 5.97. The predicted molar refractivity (Wildman–Crippen MR) is 110 cm³/mol. The van der Waals surface area contributed by atoms with Gasteiger partial charge in [0.25, 0.3) is 5.91 Å². The van der Waals surface area contributed by atoms with E-state index in [-0.39, 0.29) is 11.9 Å². The molecule has 0 bridgehead atoms. The van der Waals surface area contributed by atoms with Crippen molar-refractivity contribution in [1.29, 1.82) is 0 Å². The lowest BCUT2D eigenvalue weighted by Gasteiger charge is -2.13. The maximum absolute atomic E-state index is 12.9. The van der Waals surface area contributed by atoms with E-state index >= 15 is 0 Å². The number of aromatic nitrogens is 2. The molecule has 2 aromatic carbocycles. The van der Waals surface area contributed by atoms with E-state index in [2.05, 4.69) is 10.4 Å². The fraction of sp³-hybridized carbons (Fsp3) is 0.261. The van der Waals surface area contributed by atoms with Crippen molar-refractivity contribution in [2.24, 2.45) is 0 Å². The monoisotopic (exact) mass is 389 g/mol. The van der Waals surface area contributed by atoms with Crippen LogP contribution in [0.25, 0.3) is 16.9 Å². The van der Waals surface area contributed by atoms with Crippen LogP contribution in [0.15, 0.2) is 60.8 Å². The fourth-order valence-corrected chi connectivity index (χ4v) is 2.98. The molecule has 0 saturated heterocycles. The molecule has 0 aliphatic heterocycles. The van der Waals surface area contributed by atoms with Crippen molar-refractivity contribution in [3.63, 3.8) is 0 Å². The molecule has 0 unspecified atom stereocenters. The standard InChI is InChI=1S/C23H23N3O3/c1-15-8-10-17(11-9-15)21-20(14-26(25-21)19-6-4-3-5-7-19)23(28)29-16(2)22(27)24-18-12-13-18/h3-11,14,16,18H,12-13H2,1-2H3,(H,24,27)/t16-/m1/s1. The minimum atomic E-state index is -0.867. The maximum Gasteiger partial charge on any atom is 0.342 e. The van der Waals surface area contributed by atoms with Crippen molar-refractivity contribution >= 4 is 11.9 Å². The minimum Gasteiger partial charge on any atom is -0.449 e. The van der Waals surface area contributed by atoms with Crippen LogP contribution in [0.5, 0.6) is 0 Å². The Kier molecular flexibility index (Phi) is 5.16. The first-order valence-electron chi connectivity index (χ1n) is 9.75. The Morgan fingerprint density at radius 3 is 2.45 bits per heavy atom. The summed E-state index contributed by atoms with van der Waals surface area (Å²) < 4.78 is 7.11. The number of amides is 1. The van der Waals surface area contributed by atoms with E-state index in [0.717, 1.165) is 29.7 Å². The van der Waals surface area contributed by atoms with Gasteiger partial charge in [0.2, 0.25) is 0 Å². The zero-order valence-corrected chi connectivity index (χ0v) is 16.5. The van der Waals surface area contributed by atoms with Gasteiger partial charge in [-0.05, 0) is 38.8 Å². The van der Waals surface area contributed by atoms with Gasteiger partial charge in [-0.3, -0.25) is 4.79 Å². The summed E-state index contributed by atoms with van der Waals surface area (Å²) in [6.07, 6.45) is 2.74. The molecule has 1 saturated carbocycles. The Morgan fingerprint density at radius 2 is 1.79 bits per heavy atom. The largest absolute Gasteiger partial charge is 0.449 e. The van der Waals surface area contributed by atoms with E-state index in [1.54, 1.807) is 17.8 Å². The van der Waals surface area contributed by atoms with Crippen LogP contribution in [0, 0.1) is 6.92 Å². The summed E-state index contributed by atoms with van der Waals surface area (Å²) in [5.74, 6) is -0.839. The third-order valence-electron chi connectivity index (χ3n) is 4.86. The SMILES string of the molecule is Cc1ccc(-c2nn(-c3ccccc3)cc2C(=O)O[C@H](C)C(=O)NC2CC2)cc1. The lowest BCUT2D eigenvalue weighted by Crippen LogP contribution is -2.37. The van der Waals surface area contributed by atoms with E-state index in [0.29, 0.717) is 11.3 Å². The molecule has 1 amide bonds. The van der Waals surface area contributed by atoms with Crippen molar-refractivity contribution in [3.05, 3.63) is 71.9 Å². The zero-order chi connectivity index (χ0) is 20.4. The molecule has 1 heterocycles. The van der Waals surface area contributed by atoms with Gasteiger partial charge in [-0.2, -0.15) is 5.10 Å². The molecular formula is C23H23N3O3. The van der Waals surface area contributed by atoms with Gasteiger partial charge >= 0.3 is 5.97 Å². The van der Waals surface area contributed by atoms with Crippen LogP contribution >= 0.6 is 0 Å². The number of ether oxygens (including phenoxy) is 1. The highest BCUT2D eigenvalue weighted by atomic mass is 16.5. The van der Waals surface area contributed by atoms with Crippen LogP contribution in [-0.4, -0.2) is 33.8 Å². The van der Waals surface area contributed by atoms with Gasteiger partial charge in [0.05, 0.1) is 5.69 Å². The first-order valence-corrected chi connectivity index (χ1v) is 9.75. The average molecular weight is 389 g/mol. The second kappa shape index (κ2) is 7.91. The van der Waals surface area contributed by atoms with Gasteiger partial charge in [0.15, 0.2) is 6.10 Å². The Hall–Kier alpha value is -3.41.